The van der Waals surface area contributed by atoms with E-state index in [1.165, 1.54) is 5.56 Å². The highest BCUT2D eigenvalue weighted by Crippen LogP contribution is 2.20. The van der Waals surface area contributed by atoms with Gasteiger partial charge in [0, 0.05) is 43.1 Å². The van der Waals surface area contributed by atoms with Crippen LogP contribution in [0, 0.1) is 0 Å². The van der Waals surface area contributed by atoms with E-state index in [1.54, 1.807) is 0 Å². The Morgan fingerprint density at radius 3 is 2.62 bits per heavy atom. The standard InChI is InChI=1S/C18H18N6/c1-13(2)17-20-10-15(11-21-17)18-19-7-9-23(18)12-14-4-3-8-24-16(14)5-6-22-24/h3-11,13H,12H2,1-2H3. The molecule has 0 aromatic carbocycles. The number of rotatable bonds is 4. The third-order valence-corrected chi connectivity index (χ3v) is 4.03. The van der Waals surface area contributed by atoms with Gasteiger partial charge in [-0.05, 0) is 17.7 Å². The molecule has 0 unspecified atom stereocenters. The van der Waals surface area contributed by atoms with Crippen LogP contribution in [-0.2, 0) is 6.54 Å². The molecule has 4 rings (SSSR count). The first-order chi connectivity index (χ1) is 11.7. The van der Waals surface area contributed by atoms with E-state index in [9.17, 15) is 0 Å². The summed E-state index contributed by atoms with van der Waals surface area (Å²) in [6, 6.07) is 6.14. The van der Waals surface area contributed by atoms with E-state index in [0.717, 1.165) is 29.3 Å². The van der Waals surface area contributed by atoms with Gasteiger partial charge in [-0.15, -0.1) is 0 Å². The lowest BCUT2D eigenvalue weighted by Gasteiger charge is -2.10. The van der Waals surface area contributed by atoms with Gasteiger partial charge in [-0.2, -0.15) is 5.10 Å². The van der Waals surface area contributed by atoms with Crippen molar-refractivity contribution in [2.45, 2.75) is 26.3 Å². The first-order valence-corrected chi connectivity index (χ1v) is 7.97. The lowest BCUT2D eigenvalue weighted by atomic mass is 10.2. The third kappa shape index (κ3) is 2.56. The number of hydrogen-bond acceptors (Lipinski definition) is 4. The van der Waals surface area contributed by atoms with Crippen molar-refractivity contribution in [3.63, 3.8) is 0 Å². The van der Waals surface area contributed by atoms with Gasteiger partial charge in [0.15, 0.2) is 0 Å². The number of pyridine rings is 1. The minimum absolute atomic E-state index is 0.318. The Kier molecular flexibility index (Phi) is 3.57. The van der Waals surface area contributed by atoms with Crippen LogP contribution in [0.4, 0.5) is 0 Å². The van der Waals surface area contributed by atoms with Crippen LogP contribution in [0.1, 0.15) is 31.2 Å². The van der Waals surface area contributed by atoms with Crippen molar-refractivity contribution in [1.82, 2.24) is 29.1 Å². The van der Waals surface area contributed by atoms with Crippen molar-refractivity contribution < 1.29 is 0 Å². The first-order valence-electron chi connectivity index (χ1n) is 7.97. The zero-order valence-electron chi connectivity index (χ0n) is 13.7. The van der Waals surface area contributed by atoms with Crippen LogP contribution in [-0.4, -0.2) is 29.1 Å². The molecule has 120 valence electrons. The Bertz CT molecular complexity index is 965. The van der Waals surface area contributed by atoms with Gasteiger partial charge in [0.1, 0.15) is 11.6 Å². The minimum atomic E-state index is 0.318. The lowest BCUT2D eigenvalue weighted by Crippen LogP contribution is -2.04. The molecule has 0 aliphatic heterocycles. The molecule has 0 aliphatic carbocycles. The smallest absolute Gasteiger partial charge is 0.143 e. The van der Waals surface area contributed by atoms with Crippen molar-refractivity contribution in [2.24, 2.45) is 0 Å². The van der Waals surface area contributed by atoms with E-state index in [-0.39, 0.29) is 0 Å². The summed E-state index contributed by atoms with van der Waals surface area (Å²) in [6.45, 7) is 4.89. The summed E-state index contributed by atoms with van der Waals surface area (Å²) in [5.41, 5.74) is 3.21. The van der Waals surface area contributed by atoms with Crippen LogP contribution in [0.15, 0.2) is 55.4 Å². The monoisotopic (exact) mass is 318 g/mol. The summed E-state index contributed by atoms with van der Waals surface area (Å²) >= 11 is 0. The lowest BCUT2D eigenvalue weighted by molar-refractivity contribution is 0.769. The van der Waals surface area contributed by atoms with E-state index in [0.29, 0.717) is 5.92 Å². The largest absolute Gasteiger partial charge is 0.326 e. The summed E-state index contributed by atoms with van der Waals surface area (Å²) in [5, 5.41) is 4.29. The SMILES string of the molecule is CC(C)c1ncc(-c2nccn2Cc2cccn3nccc23)cn1. The molecular formula is C18H18N6. The third-order valence-electron chi connectivity index (χ3n) is 4.03. The zero-order chi connectivity index (χ0) is 16.5. The van der Waals surface area contributed by atoms with E-state index < -0.39 is 0 Å². The van der Waals surface area contributed by atoms with Gasteiger partial charge in [0.05, 0.1) is 17.6 Å². The second-order valence-electron chi connectivity index (χ2n) is 6.06. The van der Waals surface area contributed by atoms with Crippen LogP contribution >= 0.6 is 0 Å². The normalized spacial score (nSPS) is 11.5. The molecule has 4 heterocycles. The molecule has 4 aromatic rings. The highest BCUT2D eigenvalue weighted by Gasteiger charge is 2.10. The highest BCUT2D eigenvalue weighted by molar-refractivity contribution is 5.56. The van der Waals surface area contributed by atoms with Gasteiger partial charge in [-0.1, -0.05) is 19.9 Å². The molecule has 6 nitrogen and oxygen atoms in total. The summed E-state index contributed by atoms with van der Waals surface area (Å²) < 4.78 is 3.99. The molecule has 0 bridgehead atoms. The van der Waals surface area contributed by atoms with E-state index in [2.05, 4.69) is 44.5 Å². The molecule has 0 N–H and O–H groups in total. The molecule has 0 spiro atoms. The fraction of sp³-hybridized carbons (Fsp3) is 0.222. The van der Waals surface area contributed by atoms with E-state index >= 15 is 0 Å². The van der Waals surface area contributed by atoms with Crippen LogP contribution in [0.25, 0.3) is 16.9 Å². The maximum Gasteiger partial charge on any atom is 0.143 e. The number of aromatic nitrogens is 6. The van der Waals surface area contributed by atoms with Crippen LogP contribution in [0.3, 0.4) is 0 Å². The Labute approximate surface area is 139 Å². The summed E-state index contributed by atoms with van der Waals surface area (Å²) in [7, 11) is 0. The van der Waals surface area contributed by atoms with Gasteiger partial charge >= 0.3 is 0 Å². The maximum atomic E-state index is 4.49. The number of imidazole rings is 1. The number of hydrogen-bond donors (Lipinski definition) is 0. The van der Waals surface area contributed by atoms with Gasteiger partial charge in [-0.3, -0.25) is 0 Å². The zero-order valence-corrected chi connectivity index (χ0v) is 13.7. The predicted molar refractivity (Wildman–Crippen MR) is 91.6 cm³/mol. The molecule has 4 aromatic heterocycles. The quantitative estimate of drug-likeness (QED) is 0.580. The average molecular weight is 318 g/mol. The molecule has 0 fully saturated rings. The Balaban J connectivity index is 1.69. The fourth-order valence-electron chi connectivity index (χ4n) is 2.78. The molecule has 6 heteroatoms. The Hall–Kier alpha value is -3.02. The van der Waals surface area contributed by atoms with E-state index in [4.69, 9.17) is 0 Å². The van der Waals surface area contributed by atoms with Crippen LogP contribution < -0.4 is 0 Å². The van der Waals surface area contributed by atoms with Gasteiger partial charge in [0.2, 0.25) is 0 Å². The Morgan fingerprint density at radius 2 is 1.83 bits per heavy atom. The fourth-order valence-corrected chi connectivity index (χ4v) is 2.78. The van der Waals surface area contributed by atoms with E-state index in [1.807, 2.05) is 53.8 Å². The van der Waals surface area contributed by atoms with Crippen molar-refractivity contribution in [3.05, 3.63) is 66.8 Å². The van der Waals surface area contributed by atoms with Crippen molar-refractivity contribution in [1.29, 1.82) is 0 Å². The van der Waals surface area contributed by atoms with Crippen molar-refractivity contribution >= 4 is 5.52 Å². The molecular weight excluding hydrogens is 300 g/mol. The Morgan fingerprint density at radius 1 is 1.00 bits per heavy atom. The highest BCUT2D eigenvalue weighted by atomic mass is 15.2. The molecule has 0 amide bonds. The minimum Gasteiger partial charge on any atom is -0.326 e. The van der Waals surface area contributed by atoms with Crippen LogP contribution in [0.2, 0.25) is 0 Å². The van der Waals surface area contributed by atoms with Gasteiger partial charge in [0.25, 0.3) is 0 Å². The second kappa shape index (κ2) is 5.88. The number of nitrogens with zero attached hydrogens (tertiary/aromatic N) is 6. The maximum absolute atomic E-state index is 4.49. The van der Waals surface area contributed by atoms with Gasteiger partial charge < -0.3 is 4.57 Å². The molecule has 0 atom stereocenters. The summed E-state index contributed by atoms with van der Waals surface area (Å²) in [6.07, 6.45) is 11.2. The number of fused-ring (bicyclic) bond motifs is 1. The molecule has 0 aliphatic rings. The predicted octanol–water partition coefficient (Wildman–Crippen LogP) is 3.16. The molecule has 0 saturated carbocycles. The summed E-state index contributed by atoms with van der Waals surface area (Å²) in [4.78, 5) is 13.4. The van der Waals surface area contributed by atoms with Crippen LogP contribution in [0.5, 0.6) is 0 Å². The van der Waals surface area contributed by atoms with Gasteiger partial charge in [-0.25, -0.2) is 19.5 Å². The molecule has 0 saturated heterocycles. The van der Waals surface area contributed by atoms with Crippen molar-refractivity contribution in [3.8, 4) is 11.4 Å². The first kappa shape index (κ1) is 14.6. The second-order valence-corrected chi connectivity index (χ2v) is 6.06. The average Bonchev–Trinajstić information content (AvgIpc) is 3.24. The molecule has 0 radical (unpaired) electrons. The molecule has 24 heavy (non-hydrogen) atoms. The topological polar surface area (TPSA) is 60.9 Å². The van der Waals surface area contributed by atoms with Crippen molar-refractivity contribution in [2.75, 3.05) is 0 Å². The summed E-state index contributed by atoms with van der Waals surface area (Å²) in [5.74, 6) is 2.03.